The Labute approximate surface area is 176 Å². The molecule has 0 atom stereocenters. The highest BCUT2D eigenvalue weighted by atomic mass is 79.9. The lowest BCUT2D eigenvalue weighted by Gasteiger charge is -2.18. The Kier molecular flexibility index (Phi) is 5.42. The monoisotopic (exact) mass is 508 g/mol. The Balaban J connectivity index is 1.62. The van der Waals surface area contributed by atoms with Crippen LogP contribution in [-0.4, -0.2) is 27.0 Å². The number of carbonyl (C=O) groups excluding carboxylic acids is 1. The molecule has 0 unspecified atom stereocenters. The number of benzene rings is 1. The zero-order valence-corrected chi connectivity index (χ0v) is 18.0. The van der Waals surface area contributed by atoms with Gasteiger partial charge in [-0.15, -0.1) is 0 Å². The van der Waals surface area contributed by atoms with Crippen LogP contribution in [0.15, 0.2) is 62.6 Å². The van der Waals surface area contributed by atoms with Gasteiger partial charge in [-0.25, -0.2) is 9.97 Å². The highest BCUT2D eigenvalue weighted by Gasteiger charge is 2.23. The summed E-state index contributed by atoms with van der Waals surface area (Å²) in [5, 5.41) is 0.659. The molecule has 1 amide bonds. The quantitative estimate of drug-likeness (QED) is 0.351. The van der Waals surface area contributed by atoms with Crippen LogP contribution in [-0.2, 0) is 6.54 Å². The minimum Gasteiger partial charge on any atom is -0.444 e. The first kappa shape index (κ1) is 18.4. The molecule has 3 aromatic heterocycles. The summed E-state index contributed by atoms with van der Waals surface area (Å²) < 4.78 is 9.99. The van der Waals surface area contributed by atoms with E-state index in [4.69, 9.17) is 4.42 Å². The number of halogens is 2. The van der Waals surface area contributed by atoms with Crippen LogP contribution in [0.1, 0.15) is 17.0 Å². The second kappa shape index (κ2) is 7.95. The first-order chi connectivity index (χ1) is 13.1. The molecule has 3 heterocycles. The van der Waals surface area contributed by atoms with E-state index in [2.05, 4.69) is 41.8 Å². The molecule has 27 heavy (non-hydrogen) atoms. The Bertz CT molecular complexity index is 1070. The minimum absolute atomic E-state index is 0.204. The number of furan rings is 1. The predicted molar refractivity (Wildman–Crippen MR) is 112 cm³/mol. The third-order valence-corrected chi connectivity index (χ3v) is 5.92. The largest absolute Gasteiger partial charge is 0.444 e. The van der Waals surface area contributed by atoms with Crippen LogP contribution in [0.25, 0.3) is 10.2 Å². The fraction of sp³-hybridized carbons (Fsp3) is 0.167. The van der Waals surface area contributed by atoms with Gasteiger partial charge in [-0.1, -0.05) is 27.3 Å². The lowest BCUT2D eigenvalue weighted by Crippen LogP contribution is -2.32. The number of thiazole rings is 1. The molecule has 0 aliphatic carbocycles. The maximum absolute atomic E-state index is 13.0. The molecule has 0 spiro atoms. The maximum Gasteiger partial charge on any atom is 0.295 e. The van der Waals surface area contributed by atoms with Crippen molar-refractivity contribution < 1.29 is 9.21 Å². The van der Waals surface area contributed by atoms with Crippen LogP contribution in [0.5, 0.6) is 0 Å². The highest BCUT2D eigenvalue weighted by molar-refractivity contribution is 9.10. The summed E-state index contributed by atoms with van der Waals surface area (Å²) in [5.74, 6) is 0.0781. The van der Waals surface area contributed by atoms with Gasteiger partial charge in [-0.05, 0) is 52.7 Å². The molecule has 138 valence electrons. The van der Waals surface area contributed by atoms with E-state index >= 15 is 0 Å². The average molecular weight is 510 g/mol. The number of carbonyl (C=O) groups is 1. The van der Waals surface area contributed by atoms with Gasteiger partial charge < -0.3 is 8.98 Å². The second-order valence-electron chi connectivity index (χ2n) is 5.82. The molecule has 9 heteroatoms. The molecule has 0 N–H and O–H groups in total. The van der Waals surface area contributed by atoms with Gasteiger partial charge in [0.15, 0.2) is 15.6 Å². The van der Waals surface area contributed by atoms with Crippen LogP contribution >= 0.6 is 43.2 Å². The molecule has 1 aromatic carbocycles. The zero-order valence-electron chi connectivity index (χ0n) is 14.0. The van der Waals surface area contributed by atoms with E-state index in [1.165, 1.54) is 11.3 Å². The highest BCUT2D eigenvalue weighted by Crippen LogP contribution is 2.32. The van der Waals surface area contributed by atoms with Crippen LogP contribution in [0.4, 0.5) is 5.13 Å². The summed E-state index contributed by atoms with van der Waals surface area (Å²) in [7, 11) is 0. The molecular weight excluding hydrogens is 496 g/mol. The first-order valence-electron chi connectivity index (χ1n) is 8.19. The van der Waals surface area contributed by atoms with Gasteiger partial charge in [-0.2, -0.15) is 0 Å². The molecular formula is C18H14Br2N4O2S. The van der Waals surface area contributed by atoms with E-state index in [0.29, 0.717) is 16.3 Å². The number of fused-ring (bicyclic) bond motifs is 1. The van der Waals surface area contributed by atoms with Gasteiger partial charge in [0.25, 0.3) is 5.91 Å². The van der Waals surface area contributed by atoms with Gasteiger partial charge in [0.1, 0.15) is 0 Å². The third-order valence-electron chi connectivity index (χ3n) is 3.96. The third kappa shape index (κ3) is 4.15. The summed E-state index contributed by atoms with van der Waals surface area (Å²) in [6, 6.07) is 9.28. The number of hydrogen-bond donors (Lipinski definition) is 0. The molecule has 0 saturated carbocycles. The van der Waals surface area contributed by atoms with Crippen molar-refractivity contribution in [2.45, 2.75) is 13.0 Å². The Morgan fingerprint density at radius 1 is 1.26 bits per heavy atom. The standard InChI is InChI=1S/C18H14Br2N4O2S/c19-12-2-3-13-15(10-12)27-18(22-13)24(8-1-7-23-9-6-21-11-23)17(25)14-4-5-16(20)26-14/h2-6,9-11H,1,7-8H2. The van der Waals surface area contributed by atoms with Crippen molar-refractivity contribution in [2.24, 2.45) is 0 Å². The van der Waals surface area contributed by atoms with E-state index in [1.54, 1.807) is 29.6 Å². The molecule has 0 bridgehead atoms. The number of anilines is 1. The molecule has 0 radical (unpaired) electrons. The SMILES string of the molecule is O=C(c1ccc(Br)o1)N(CCCn1ccnc1)c1nc2ccc(Br)cc2s1. The molecule has 4 rings (SSSR count). The average Bonchev–Trinajstić information content (AvgIpc) is 3.38. The van der Waals surface area contributed by atoms with Crippen molar-refractivity contribution >= 4 is 64.5 Å². The number of aryl methyl sites for hydroxylation is 1. The summed E-state index contributed by atoms with van der Waals surface area (Å²) in [4.78, 5) is 23.4. The van der Waals surface area contributed by atoms with Crippen molar-refractivity contribution in [2.75, 3.05) is 11.4 Å². The number of amides is 1. The van der Waals surface area contributed by atoms with E-state index in [0.717, 1.165) is 27.7 Å². The Morgan fingerprint density at radius 2 is 2.15 bits per heavy atom. The number of nitrogens with zero attached hydrogens (tertiary/aromatic N) is 4. The van der Waals surface area contributed by atoms with Crippen LogP contribution < -0.4 is 4.90 Å². The summed E-state index contributed by atoms with van der Waals surface area (Å²) in [6.07, 6.45) is 6.19. The van der Waals surface area contributed by atoms with Crippen molar-refractivity contribution in [3.8, 4) is 0 Å². The first-order valence-corrected chi connectivity index (χ1v) is 10.6. The lowest BCUT2D eigenvalue weighted by molar-refractivity contribution is 0.0958. The van der Waals surface area contributed by atoms with Crippen LogP contribution in [0.3, 0.4) is 0 Å². The summed E-state index contributed by atoms with van der Waals surface area (Å²) in [6.45, 7) is 1.29. The Morgan fingerprint density at radius 3 is 2.89 bits per heavy atom. The number of imidazole rings is 1. The zero-order chi connectivity index (χ0) is 18.8. The van der Waals surface area contributed by atoms with Crippen molar-refractivity contribution in [1.29, 1.82) is 0 Å². The van der Waals surface area contributed by atoms with E-state index in [-0.39, 0.29) is 11.7 Å². The lowest BCUT2D eigenvalue weighted by atomic mass is 10.3. The molecule has 0 fully saturated rings. The van der Waals surface area contributed by atoms with Crippen molar-refractivity contribution in [3.05, 3.63) is 64.0 Å². The molecule has 6 nitrogen and oxygen atoms in total. The number of rotatable bonds is 6. The number of aromatic nitrogens is 3. The van der Waals surface area contributed by atoms with Crippen LogP contribution in [0.2, 0.25) is 0 Å². The fourth-order valence-corrected chi connectivity index (χ4v) is 4.53. The summed E-state index contributed by atoms with van der Waals surface area (Å²) in [5.41, 5.74) is 0.867. The second-order valence-corrected chi connectivity index (χ2v) is 8.53. The molecule has 0 saturated heterocycles. The van der Waals surface area contributed by atoms with E-state index in [1.807, 2.05) is 29.0 Å². The fourth-order valence-electron chi connectivity index (χ4n) is 2.68. The number of hydrogen-bond acceptors (Lipinski definition) is 5. The summed E-state index contributed by atoms with van der Waals surface area (Å²) >= 11 is 8.22. The molecule has 0 aliphatic rings. The topological polar surface area (TPSA) is 64.2 Å². The van der Waals surface area contributed by atoms with Crippen molar-refractivity contribution in [3.63, 3.8) is 0 Å². The van der Waals surface area contributed by atoms with Gasteiger partial charge >= 0.3 is 0 Å². The smallest absolute Gasteiger partial charge is 0.295 e. The Hall–Kier alpha value is -1.97. The minimum atomic E-state index is -0.204. The van der Waals surface area contributed by atoms with E-state index < -0.39 is 0 Å². The normalized spacial score (nSPS) is 11.2. The van der Waals surface area contributed by atoms with Gasteiger partial charge in [0.2, 0.25) is 0 Å². The van der Waals surface area contributed by atoms with E-state index in [9.17, 15) is 4.79 Å². The van der Waals surface area contributed by atoms with Crippen LogP contribution in [0, 0.1) is 0 Å². The van der Waals surface area contributed by atoms with Gasteiger partial charge in [-0.3, -0.25) is 9.69 Å². The van der Waals surface area contributed by atoms with Crippen molar-refractivity contribution in [1.82, 2.24) is 14.5 Å². The molecule has 4 aromatic rings. The molecule has 0 aliphatic heterocycles. The predicted octanol–water partition coefficient (Wildman–Crippen LogP) is 5.35. The maximum atomic E-state index is 13.0. The van der Waals surface area contributed by atoms with Gasteiger partial charge in [0.05, 0.1) is 16.5 Å². The van der Waals surface area contributed by atoms with Gasteiger partial charge in [0, 0.05) is 30.0 Å².